The average Bonchev–Trinajstić information content (AvgIpc) is 2.57. The summed E-state index contributed by atoms with van der Waals surface area (Å²) in [5.41, 5.74) is 5.49. The van der Waals surface area contributed by atoms with Gasteiger partial charge in [-0.05, 0) is 19.0 Å². The third kappa shape index (κ3) is 4.07. The third-order valence-electron chi connectivity index (χ3n) is 1.94. The summed E-state index contributed by atoms with van der Waals surface area (Å²) in [4.78, 5) is 7.92. The van der Waals surface area contributed by atoms with Crippen LogP contribution in [0.15, 0.2) is 12.3 Å². The van der Waals surface area contributed by atoms with Gasteiger partial charge in [0, 0.05) is 12.7 Å². The molecule has 5 nitrogen and oxygen atoms in total. The molecule has 0 spiro atoms. The highest BCUT2D eigenvalue weighted by atomic mass is 35.5. The molecule has 1 aliphatic heterocycles. The van der Waals surface area contributed by atoms with E-state index in [0.717, 1.165) is 19.5 Å². The van der Waals surface area contributed by atoms with Crippen LogP contribution >= 0.6 is 24.8 Å². The van der Waals surface area contributed by atoms with E-state index in [2.05, 4.69) is 15.3 Å². The van der Waals surface area contributed by atoms with E-state index in [1.54, 1.807) is 12.3 Å². The van der Waals surface area contributed by atoms with Crippen LogP contribution in [0.4, 0.5) is 5.82 Å². The maximum absolute atomic E-state index is 5.49. The van der Waals surface area contributed by atoms with Crippen LogP contribution in [0.2, 0.25) is 0 Å². The van der Waals surface area contributed by atoms with E-state index in [1.807, 2.05) is 0 Å². The van der Waals surface area contributed by atoms with E-state index < -0.39 is 0 Å². The van der Waals surface area contributed by atoms with E-state index in [0.29, 0.717) is 11.8 Å². The molecule has 2 heterocycles. The van der Waals surface area contributed by atoms with E-state index in [1.165, 1.54) is 0 Å². The number of anilines is 1. The fourth-order valence-electron chi connectivity index (χ4n) is 1.29. The van der Waals surface area contributed by atoms with Crippen molar-refractivity contribution in [1.82, 2.24) is 15.3 Å². The first-order chi connectivity index (χ1) is 6.34. The van der Waals surface area contributed by atoms with Crippen LogP contribution in [0.1, 0.15) is 6.42 Å². The second-order valence-electron chi connectivity index (χ2n) is 3.00. The number of rotatable bonds is 2. The first kappa shape index (κ1) is 14.2. The zero-order valence-electron chi connectivity index (χ0n) is 8.05. The molecule has 1 atom stereocenters. The van der Waals surface area contributed by atoms with Crippen LogP contribution < -0.4 is 15.8 Å². The van der Waals surface area contributed by atoms with Gasteiger partial charge in [0.1, 0.15) is 11.9 Å². The average molecular weight is 253 g/mol. The molecule has 1 aliphatic rings. The number of ether oxygens (including phenoxy) is 1. The van der Waals surface area contributed by atoms with Gasteiger partial charge >= 0.3 is 6.01 Å². The molecule has 0 radical (unpaired) electrons. The summed E-state index contributed by atoms with van der Waals surface area (Å²) >= 11 is 0. The Morgan fingerprint density at radius 3 is 2.87 bits per heavy atom. The minimum Gasteiger partial charge on any atom is -0.459 e. The summed E-state index contributed by atoms with van der Waals surface area (Å²) in [5, 5.41) is 3.20. The van der Waals surface area contributed by atoms with Crippen molar-refractivity contribution in [3.63, 3.8) is 0 Å². The summed E-state index contributed by atoms with van der Waals surface area (Å²) in [6.07, 6.45) is 2.78. The second-order valence-corrected chi connectivity index (χ2v) is 3.00. The molecule has 7 heteroatoms. The number of nitrogens with zero attached hydrogens (tertiary/aromatic N) is 2. The molecule has 0 aromatic carbocycles. The van der Waals surface area contributed by atoms with E-state index in [-0.39, 0.29) is 30.9 Å². The van der Waals surface area contributed by atoms with Crippen molar-refractivity contribution >= 4 is 30.6 Å². The topological polar surface area (TPSA) is 73.1 Å². The van der Waals surface area contributed by atoms with Crippen molar-refractivity contribution in [3.8, 4) is 6.01 Å². The molecule has 1 aromatic rings. The first-order valence-corrected chi connectivity index (χ1v) is 4.30. The maximum atomic E-state index is 5.49. The predicted molar refractivity (Wildman–Crippen MR) is 62.8 cm³/mol. The van der Waals surface area contributed by atoms with Gasteiger partial charge in [0.05, 0.1) is 0 Å². The Hall–Kier alpha value is -0.780. The van der Waals surface area contributed by atoms with Crippen LogP contribution in [0.3, 0.4) is 0 Å². The Kier molecular flexibility index (Phi) is 6.31. The van der Waals surface area contributed by atoms with Gasteiger partial charge < -0.3 is 15.8 Å². The summed E-state index contributed by atoms with van der Waals surface area (Å²) in [6.45, 7) is 1.85. The van der Waals surface area contributed by atoms with Gasteiger partial charge in [0.2, 0.25) is 0 Å². The van der Waals surface area contributed by atoms with Crippen molar-refractivity contribution in [2.45, 2.75) is 12.5 Å². The lowest BCUT2D eigenvalue weighted by Gasteiger charge is -2.09. The monoisotopic (exact) mass is 252 g/mol. The predicted octanol–water partition coefficient (Wildman–Crippen LogP) is 0.643. The first-order valence-electron chi connectivity index (χ1n) is 4.30. The van der Waals surface area contributed by atoms with Gasteiger partial charge in [0.25, 0.3) is 0 Å². The highest BCUT2D eigenvalue weighted by molar-refractivity contribution is 5.85. The molecule has 2 rings (SSSR count). The van der Waals surface area contributed by atoms with Crippen molar-refractivity contribution in [2.75, 3.05) is 18.8 Å². The van der Waals surface area contributed by atoms with Crippen molar-refractivity contribution < 1.29 is 4.74 Å². The van der Waals surface area contributed by atoms with Crippen LogP contribution in [0.25, 0.3) is 0 Å². The lowest BCUT2D eigenvalue weighted by Crippen LogP contribution is -2.20. The summed E-state index contributed by atoms with van der Waals surface area (Å²) in [5.74, 6) is 0.441. The molecule has 0 bridgehead atoms. The van der Waals surface area contributed by atoms with E-state index >= 15 is 0 Å². The number of aromatic nitrogens is 2. The minimum atomic E-state index is 0. The second kappa shape index (κ2) is 6.66. The molecule has 0 aliphatic carbocycles. The number of hydrogen-bond acceptors (Lipinski definition) is 5. The quantitative estimate of drug-likeness (QED) is 0.809. The summed E-state index contributed by atoms with van der Waals surface area (Å²) in [7, 11) is 0. The summed E-state index contributed by atoms with van der Waals surface area (Å²) < 4.78 is 5.49. The number of hydrogen-bond donors (Lipinski definition) is 2. The molecule has 1 fully saturated rings. The fourth-order valence-corrected chi connectivity index (χ4v) is 1.29. The minimum absolute atomic E-state index is 0. The van der Waals surface area contributed by atoms with Gasteiger partial charge in [-0.1, -0.05) is 0 Å². The fraction of sp³-hybridized carbons (Fsp3) is 0.500. The molecule has 0 amide bonds. The standard InChI is InChI=1S/C8H12N4O.2ClH/c9-7-2-4-11-8(12-7)13-6-1-3-10-5-6;;/h2,4,6,10H,1,3,5H2,(H2,9,11,12);2*1H. The van der Waals surface area contributed by atoms with Crippen LogP contribution in [-0.4, -0.2) is 29.2 Å². The highest BCUT2D eigenvalue weighted by Crippen LogP contribution is 2.09. The lowest BCUT2D eigenvalue weighted by molar-refractivity contribution is 0.204. The molecule has 1 saturated heterocycles. The number of nitrogens with one attached hydrogen (secondary N) is 1. The largest absolute Gasteiger partial charge is 0.459 e. The van der Waals surface area contributed by atoms with Crippen molar-refractivity contribution in [2.24, 2.45) is 0 Å². The Bertz CT molecular complexity index is 294. The van der Waals surface area contributed by atoms with E-state index in [4.69, 9.17) is 10.5 Å². The highest BCUT2D eigenvalue weighted by Gasteiger charge is 2.16. The van der Waals surface area contributed by atoms with Gasteiger partial charge in [-0.25, -0.2) is 4.98 Å². The van der Waals surface area contributed by atoms with Crippen molar-refractivity contribution in [1.29, 1.82) is 0 Å². The Balaban J connectivity index is 0.000000980. The SMILES string of the molecule is Cl.Cl.Nc1ccnc(OC2CCNC2)n1. The van der Waals surface area contributed by atoms with Gasteiger partial charge in [0.15, 0.2) is 0 Å². The molecular formula is C8H14Cl2N4O. The van der Waals surface area contributed by atoms with Gasteiger partial charge in [-0.3, -0.25) is 0 Å². The molecule has 15 heavy (non-hydrogen) atoms. The Morgan fingerprint density at radius 1 is 1.47 bits per heavy atom. The van der Waals surface area contributed by atoms with Crippen LogP contribution in [-0.2, 0) is 0 Å². The van der Waals surface area contributed by atoms with Crippen molar-refractivity contribution in [3.05, 3.63) is 12.3 Å². The smallest absolute Gasteiger partial charge is 0.318 e. The zero-order valence-corrected chi connectivity index (χ0v) is 9.68. The van der Waals surface area contributed by atoms with E-state index in [9.17, 15) is 0 Å². The third-order valence-corrected chi connectivity index (χ3v) is 1.94. The van der Waals surface area contributed by atoms with Gasteiger partial charge in [-0.2, -0.15) is 4.98 Å². The van der Waals surface area contributed by atoms with Crippen LogP contribution in [0.5, 0.6) is 6.01 Å². The number of halogens is 2. The Labute approximate surface area is 101 Å². The molecule has 3 N–H and O–H groups in total. The summed E-state index contributed by atoms with van der Waals surface area (Å²) in [6, 6.07) is 2.01. The Morgan fingerprint density at radius 2 is 2.27 bits per heavy atom. The molecule has 0 saturated carbocycles. The number of nitrogen functional groups attached to an aromatic ring is 1. The zero-order chi connectivity index (χ0) is 9.10. The molecule has 1 unspecified atom stereocenters. The molecule has 86 valence electrons. The number of nitrogens with two attached hydrogens (primary N) is 1. The molecular weight excluding hydrogens is 239 g/mol. The lowest BCUT2D eigenvalue weighted by atomic mass is 10.3. The maximum Gasteiger partial charge on any atom is 0.318 e. The normalized spacial score (nSPS) is 18.8. The molecule has 1 aromatic heterocycles. The van der Waals surface area contributed by atoms with Gasteiger partial charge in [-0.15, -0.1) is 24.8 Å². The van der Waals surface area contributed by atoms with Crippen LogP contribution in [0, 0.1) is 0 Å².